The molecule has 0 aliphatic rings. The maximum Gasteiger partial charge on any atom is 0.321 e. The lowest BCUT2D eigenvalue weighted by Crippen LogP contribution is -2.32. The molecule has 0 radical (unpaired) electrons. The van der Waals surface area contributed by atoms with Crippen LogP contribution in [0.15, 0.2) is 0 Å². The van der Waals surface area contributed by atoms with E-state index in [4.69, 9.17) is 26.8 Å². The van der Waals surface area contributed by atoms with Gasteiger partial charge >= 0.3 is 17.9 Å². The molecule has 9 heteroatoms. The Hall–Kier alpha value is -1.32. The molecule has 16 heavy (non-hydrogen) atoms. The highest BCUT2D eigenvalue weighted by Gasteiger charge is 2.14. The number of thiol groups is 1. The molecule has 0 aromatic heterocycles. The molecule has 0 spiro atoms. The second-order valence-electron chi connectivity index (χ2n) is 2.67. The third-order valence-corrected chi connectivity index (χ3v) is 1.62. The Morgan fingerprint density at radius 2 is 1.38 bits per heavy atom. The summed E-state index contributed by atoms with van der Waals surface area (Å²) < 4.78 is 0. The van der Waals surface area contributed by atoms with Gasteiger partial charge in [0.25, 0.3) is 0 Å². The standard InChI is InChI=1S/C4H7NO4.C3H7NO2S/c5-2(4(8)9)1-3(6)7;4-2(1-7)3(5)6/h2H,1,5H2,(H,6,7)(H,8,9);2,7H,1,4H2,(H,5,6). The Balaban J connectivity index is 0. The van der Waals surface area contributed by atoms with Crippen molar-refractivity contribution in [3.05, 3.63) is 0 Å². The van der Waals surface area contributed by atoms with E-state index in [1.54, 1.807) is 0 Å². The van der Waals surface area contributed by atoms with E-state index in [2.05, 4.69) is 12.6 Å². The van der Waals surface area contributed by atoms with Crippen molar-refractivity contribution in [1.29, 1.82) is 0 Å². The maximum atomic E-state index is 9.85. The summed E-state index contributed by atoms with van der Waals surface area (Å²) in [6, 6.07) is -2.11. The summed E-state index contributed by atoms with van der Waals surface area (Å²) in [5, 5.41) is 24.0. The Kier molecular flexibility index (Phi) is 9.55. The molecule has 7 N–H and O–H groups in total. The maximum absolute atomic E-state index is 9.85. The minimum absolute atomic E-state index is 0.190. The van der Waals surface area contributed by atoms with Crippen molar-refractivity contribution in [2.24, 2.45) is 11.5 Å². The lowest BCUT2D eigenvalue weighted by Gasteiger charge is -1.99. The molecule has 0 aliphatic heterocycles. The summed E-state index contributed by atoms with van der Waals surface area (Å²) in [6.07, 6.45) is -0.532. The fourth-order valence-electron chi connectivity index (χ4n) is 0.354. The van der Waals surface area contributed by atoms with Crippen molar-refractivity contribution in [2.75, 3.05) is 5.75 Å². The first-order valence-electron chi connectivity index (χ1n) is 4.01. The van der Waals surface area contributed by atoms with Gasteiger partial charge in [0.05, 0.1) is 6.42 Å². The van der Waals surface area contributed by atoms with Crippen molar-refractivity contribution in [2.45, 2.75) is 18.5 Å². The van der Waals surface area contributed by atoms with E-state index in [1.165, 1.54) is 0 Å². The predicted molar refractivity (Wildman–Crippen MR) is 57.3 cm³/mol. The third-order valence-electron chi connectivity index (χ3n) is 1.23. The molecule has 0 saturated carbocycles. The highest BCUT2D eigenvalue weighted by molar-refractivity contribution is 7.80. The molecule has 0 aromatic carbocycles. The molecule has 0 bridgehead atoms. The van der Waals surface area contributed by atoms with Crippen LogP contribution >= 0.6 is 12.6 Å². The highest BCUT2D eigenvalue weighted by Crippen LogP contribution is 1.86. The molecule has 0 aromatic rings. The Bertz CT molecular complexity index is 259. The molecule has 0 amide bonds. The van der Waals surface area contributed by atoms with Crippen molar-refractivity contribution in [3.63, 3.8) is 0 Å². The lowest BCUT2D eigenvalue weighted by molar-refractivity contribution is -0.144. The lowest BCUT2D eigenvalue weighted by atomic mass is 10.2. The van der Waals surface area contributed by atoms with E-state index >= 15 is 0 Å². The van der Waals surface area contributed by atoms with Gasteiger partial charge in [0, 0.05) is 5.75 Å². The van der Waals surface area contributed by atoms with Gasteiger partial charge in [-0.2, -0.15) is 12.6 Å². The molecule has 0 rings (SSSR count). The number of carboxylic acid groups (broad SMARTS) is 3. The fraction of sp³-hybridized carbons (Fsp3) is 0.571. The molecule has 0 fully saturated rings. The van der Waals surface area contributed by atoms with Crippen LogP contribution in [0.3, 0.4) is 0 Å². The first kappa shape index (κ1) is 17.1. The predicted octanol–water partition coefficient (Wildman–Crippen LogP) is -1.80. The monoisotopic (exact) mass is 254 g/mol. The summed E-state index contributed by atoms with van der Waals surface area (Å²) in [7, 11) is 0. The summed E-state index contributed by atoms with van der Waals surface area (Å²) in [6.45, 7) is 0. The van der Waals surface area contributed by atoms with Crippen LogP contribution in [0.1, 0.15) is 6.42 Å². The van der Waals surface area contributed by atoms with Crippen molar-refractivity contribution < 1.29 is 29.7 Å². The zero-order valence-corrected chi connectivity index (χ0v) is 9.13. The second-order valence-corrected chi connectivity index (χ2v) is 3.04. The summed E-state index contributed by atoms with van der Waals surface area (Å²) in [5.74, 6) is -3.31. The molecule has 0 aliphatic carbocycles. The van der Waals surface area contributed by atoms with Crippen LogP contribution in [0.2, 0.25) is 0 Å². The highest BCUT2D eigenvalue weighted by atomic mass is 32.1. The normalized spacial score (nSPS) is 12.9. The number of rotatable bonds is 5. The zero-order valence-electron chi connectivity index (χ0n) is 8.24. The third kappa shape index (κ3) is 10.8. The fourth-order valence-corrected chi connectivity index (χ4v) is 0.510. The first-order valence-corrected chi connectivity index (χ1v) is 4.65. The summed E-state index contributed by atoms with van der Waals surface area (Å²) in [4.78, 5) is 29.4. The van der Waals surface area contributed by atoms with Gasteiger partial charge in [-0.05, 0) is 0 Å². The SMILES string of the molecule is NC(CC(=O)O)C(=O)O.NC(CS)C(=O)O. The van der Waals surface area contributed by atoms with Gasteiger partial charge in [0.1, 0.15) is 12.1 Å². The van der Waals surface area contributed by atoms with Crippen LogP contribution in [-0.4, -0.2) is 51.1 Å². The summed E-state index contributed by atoms with van der Waals surface area (Å²) >= 11 is 3.65. The molecule has 0 heterocycles. The number of nitrogens with two attached hydrogens (primary N) is 2. The van der Waals surface area contributed by atoms with Gasteiger partial charge in [-0.15, -0.1) is 0 Å². The first-order chi connectivity index (χ1) is 7.22. The minimum atomic E-state index is -1.29. The Labute approximate surface area is 96.6 Å². The van der Waals surface area contributed by atoms with E-state index in [0.29, 0.717) is 0 Å². The molecule has 0 saturated heterocycles. The molecule has 94 valence electrons. The number of carbonyl (C=O) groups is 3. The van der Waals surface area contributed by atoms with Gasteiger partial charge in [-0.1, -0.05) is 0 Å². The molecule has 2 unspecified atom stereocenters. The van der Waals surface area contributed by atoms with Gasteiger partial charge in [-0.3, -0.25) is 14.4 Å². The van der Waals surface area contributed by atoms with Gasteiger partial charge in [0.15, 0.2) is 0 Å². The van der Waals surface area contributed by atoms with Crippen molar-refractivity contribution in [3.8, 4) is 0 Å². The van der Waals surface area contributed by atoms with Crippen molar-refractivity contribution >= 4 is 30.5 Å². The van der Waals surface area contributed by atoms with E-state index in [-0.39, 0.29) is 5.75 Å². The molecule has 2 atom stereocenters. The molecular formula is C7H14N2O6S. The van der Waals surface area contributed by atoms with Crippen LogP contribution in [0.25, 0.3) is 0 Å². The Morgan fingerprint density at radius 1 is 1.00 bits per heavy atom. The smallest absolute Gasteiger partial charge is 0.321 e. The quantitative estimate of drug-likeness (QED) is 0.313. The van der Waals surface area contributed by atoms with Crippen LogP contribution in [0.4, 0.5) is 0 Å². The van der Waals surface area contributed by atoms with E-state index in [0.717, 1.165) is 0 Å². The van der Waals surface area contributed by atoms with Crippen LogP contribution in [-0.2, 0) is 14.4 Å². The zero-order chi connectivity index (χ0) is 13.3. The number of aliphatic carboxylic acids is 3. The van der Waals surface area contributed by atoms with E-state index < -0.39 is 36.4 Å². The Morgan fingerprint density at radius 3 is 1.44 bits per heavy atom. The van der Waals surface area contributed by atoms with Crippen molar-refractivity contribution in [1.82, 2.24) is 0 Å². The van der Waals surface area contributed by atoms with E-state index in [9.17, 15) is 14.4 Å². The second kappa shape index (κ2) is 8.95. The van der Waals surface area contributed by atoms with Gasteiger partial charge in [-0.25, -0.2) is 0 Å². The number of hydrogen-bond donors (Lipinski definition) is 6. The minimum Gasteiger partial charge on any atom is -0.481 e. The van der Waals surface area contributed by atoms with Crippen LogP contribution in [0, 0.1) is 0 Å². The number of hydrogen-bond acceptors (Lipinski definition) is 6. The van der Waals surface area contributed by atoms with Gasteiger partial charge in [0.2, 0.25) is 0 Å². The summed E-state index contributed by atoms with van der Waals surface area (Å²) in [5.41, 5.74) is 9.78. The number of carboxylic acids is 3. The molecule has 8 nitrogen and oxygen atoms in total. The van der Waals surface area contributed by atoms with Crippen LogP contribution in [0.5, 0.6) is 0 Å². The van der Waals surface area contributed by atoms with Gasteiger partial charge < -0.3 is 26.8 Å². The van der Waals surface area contributed by atoms with E-state index in [1.807, 2.05) is 0 Å². The molecular weight excluding hydrogens is 240 g/mol. The average Bonchev–Trinajstić information content (AvgIpc) is 2.16. The topological polar surface area (TPSA) is 164 Å². The average molecular weight is 254 g/mol. The van der Waals surface area contributed by atoms with Crippen LogP contribution < -0.4 is 11.5 Å². The largest absolute Gasteiger partial charge is 0.481 e.